The van der Waals surface area contributed by atoms with Gasteiger partial charge in [-0.3, -0.25) is 4.79 Å². The summed E-state index contributed by atoms with van der Waals surface area (Å²) in [6.07, 6.45) is 2.39. The maximum absolute atomic E-state index is 12.3. The molecule has 4 nitrogen and oxygen atoms in total. The number of carbonyl (C=O) groups excluding carboxylic acids is 1. The number of nitrogens with zero attached hydrogens (tertiary/aromatic N) is 1. The van der Waals surface area contributed by atoms with Crippen LogP contribution in [0.3, 0.4) is 0 Å². The summed E-state index contributed by atoms with van der Waals surface area (Å²) in [6, 6.07) is 5.67. The Hall–Kier alpha value is -1.55. The third-order valence-electron chi connectivity index (χ3n) is 3.65. The molecule has 18 heavy (non-hydrogen) atoms. The lowest BCUT2D eigenvalue weighted by Gasteiger charge is -2.27. The summed E-state index contributed by atoms with van der Waals surface area (Å²) >= 11 is 0. The molecule has 1 heterocycles. The fraction of sp³-hybridized carbons (Fsp3) is 0.500. The van der Waals surface area contributed by atoms with Gasteiger partial charge in [-0.1, -0.05) is 0 Å². The monoisotopic (exact) mass is 246 g/mol. The highest BCUT2D eigenvalue weighted by Gasteiger charge is 2.27. The van der Waals surface area contributed by atoms with Crippen LogP contribution in [0.4, 0.5) is 5.69 Å². The second kappa shape index (κ2) is 4.61. The molecule has 1 aliphatic heterocycles. The molecule has 1 aromatic rings. The first-order chi connectivity index (χ1) is 8.75. The molecule has 0 spiro atoms. The standard InChI is InChI=1S/C14H18N2O2/c15-13-4-3-11(9-12(13)10-1-2-10)14(17)16-5-7-18-8-6-16/h3-4,9-10H,1-2,5-8,15H2. The topological polar surface area (TPSA) is 55.6 Å². The minimum absolute atomic E-state index is 0.0974. The first-order valence-electron chi connectivity index (χ1n) is 6.52. The molecule has 0 radical (unpaired) electrons. The van der Waals surface area contributed by atoms with E-state index >= 15 is 0 Å². The molecule has 1 aromatic carbocycles. The van der Waals surface area contributed by atoms with E-state index < -0.39 is 0 Å². The number of nitrogen functional groups attached to an aromatic ring is 1. The minimum Gasteiger partial charge on any atom is -0.398 e. The first kappa shape index (κ1) is 11.5. The molecule has 1 aliphatic carbocycles. The van der Waals surface area contributed by atoms with Gasteiger partial charge in [0.25, 0.3) is 5.91 Å². The van der Waals surface area contributed by atoms with E-state index in [9.17, 15) is 4.79 Å². The van der Waals surface area contributed by atoms with E-state index in [1.54, 1.807) is 0 Å². The number of nitrogens with two attached hydrogens (primary N) is 1. The molecule has 1 saturated heterocycles. The van der Waals surface area contributed by atoms with Gasteiger partial charge in [-0.25, -0.2) is 0 Å². The minimum atomic E-state index is 0.0974. The van der Waals surface area contributed by atoms with Gasteiger partial charge >= 0.3 is 0 Å². The second-order valence-corrected chi connectivity index (χ2v) is 5.02. The molecule has 2 fully saturated rings. The Morgan fingerprint density at radius 2 is 2.00 bits per heavy atom. The van der Waals surface area contributed by atoms with E-state index in [0.717, 1.165) is 16.8 Å². The molecule has 0 bridgehead atoms. The number of ether oxygens (including phenoxy) is 1. The normalized spacial score (nSPS) is 19.9. The van der Waals surface area contributed by atoms with Crippen molar-refractivity contribution < 1.29 is 9.53 Å². The van der Waals surface area contributed by atoms with Gasteiger partial charge in [0, 0.05) is 24.3 Å². The van der Waals surface area contributed by atoms with E-state index in [1.165, 1.54) is 12.8 Å². The lowest BCUT2D eigenvalue weighted by atomic mass is 10.0. The maximum atomic E-state index is 12.3. The molecule has 2 N–H and O–H groups in total. The van der Waals surface area contributed by atoms with Crippen molar-refractivity contribution in [1.82, 2.24) is 4.90 Å². The predicted octanol–water partition coefficient (Wildman–Crippen LogP) is 1.62. The number of hydrogen-bond donors (Lipinski definition) is 1. The van der Waals surface area contributed by atoms with E-state index in [1.807, 2.05) is 23.1 Å². The summed E-state index contributed by atoms with van der Waals surface area (Å²) < 4.78 is 5.26. The number of rotatable bonds is 2. The highest BCUT2D eigenvalue weighted by atomic mass is 16.5. The molecule has 96 valence electrons. The van der Waals surface area contributed by atoms with Gasteiger partial charge < -0.3 is 15.4 Å². The largest absolute Gasteiger partial charge is 0.398 e. The second-order valence-electron chi connectivity index (χ2n) is 5.02. The van der Waals surface area contributed by atoms with E-state index in [0.29, 0.717) is 32.2 Å². The van der Waals surface area contributed by atoms with Crippen LogP contribution >= 0.6 is 0 Å². The quantitative estimate of drug-likeness (QED) is 0.807. The average Bonchev–Trinajstić information content (AvgIpc) is 3.24. The summed E-state index contributed by atoms with van der Waals surface area (Å²) in [7, 11) is 0. The molecule has 1 amide bonds. The number of anilines is 1. The van der Waals surface area contributed by atoms with Crippen molar-refractivity contribution in [2.45, 2.75) is 18.8 Å². The molecule has 2 aliphatic rings. The molecular weight excluding hydrogens is 228 g/mol. The summed E-state index contributed by atoms with van der Waals surface area (Å²) in [5, 5.41) is 0. The Labute approximate surface area is 107 Å². The van der Waals surface area contributed by atoms with Crippen LogP contribution < -0.4 is 5.73 Å². The lowest BCUT2D eigenvalue weighted by molar-refractivity contribution is 0.0303. The third kappa shape index (κ3) is 2.20. The van der Waals surface area contributed by atoms with Gasteiger partial charge in [-0.05, 0) is 42.5 Å². The molecule has 3 rings (SSSR count). The van der Waals surface area contributed by atoms with Crippen molar-refractivity contribution in [1.29, 1.82) is 0 Å². The van der Waals surface area contributed by atoms with Crippen molar-refractivity contribution in [2.75, 3.05) is 32.0 Å². The van der Waals surface area contributed by atoms with Gasteiger partial charge in [0.15, 0.2) is 0 Å². The Bertz CT molecular complexity index is 463. The first-order valence-corrected chi connectivity index (χ1v) is 6.52. The van der Waals surface area contributed by atoms with E-state index in [4.69, 9.17) is 10.5 Å². The highest BCUT2D eigenvalue weighted by Crippen LogP contribution is 2.42. The van der Waals surface area contributed by atoms with Crippen LogP contribution in [0.15, 0.2) is 18.2 Å². The van der Waals surface area contributed by atoms with Crippen molar-refractivity contribution >= 4 is 11.6 Å². The van der Waals surface area contributed by atoms with Gasteiger partial charge in [-0.2, -0.15) is 0 Å². The smallest absolute Gasteiger partial charge is 0.254 e. The Morgan fingerprint density at radius 1 is 1.28 bits per heavy atom. The third-order valence-corrected chi connectivity index (χ3v) is 3.65. The summed E-state index contributed by atoms with van der Waals surface area (Å²) in [4.78, 5) is 14.2. The zero-order valence-electron chi connectivity index (χ0n) is 10.4. The van der Waals surface area contributed by atoms with Gasteiger partial charge in [0.1, 0.15) is 0 Å². The fourth-order valence-corrected chi connectivity index (χ4v) is 2.40. The zero-order chi connectivity index (χ0) is 12.5. The molecule has 4 heteroatoms. The number of morpholine rings is 1. The Morgan fingerprint density at radius 3 is 2.67 bits per heavy atom. The SMILES string of the molecule is Nc1ccc(C(=O)N2CCOCC2)cc1C1CC1. The van der Waals surface area contributed by atoms with Crippen LogP contribution in [0.5, 0.6) is 0 Å². The maximum Gasteiger partial charge on any atom is 0.254 e. The van der Waals surface area contributed by atoms with Gasteiger partial charge in [0.05, 0.1) is 13.2 Å². The highest BCUT2D eigenvalue weighted by molar-refractivity contribution is 5.95. The summed E-state index contributed by atoms with van der Waals surface area (Å²) in [6.45, 7) is 2.64. The van der Waals surface area contributed by atoms with Gasteiger partial charge in [0.2, 0.25) is 0 Å². The van der Waals surface area contributed by atoms with Crippen LogP contribution in [0.1, 0.15) is 34.7 Å². The summed E-state index contributed by atoms with van der Waals surface area (Å²) in [5.74, 6) is 0.669. The summed E-state index contributed by atoms with van der Waals surface area (Å²) in [5.41, 5.74) is 8.68. The molecule has 1 saturated carbocycles. The fourth-order valence-electron chi connectivity index (χ4n) is 2.40. The average molecular weight is 246 g/mol. The number of amides is 1. The van der Waals surface area contributed by atoms with Crippen molar-refractivity contribution in [2.24, 2.45) is 0 Å². The van der Waals surface area contributed by atoms with Gasteiger partial charge in [-0.15, -0.1) is 0 Å². The Kier molecular flexibility index (Phi) is 2.96. The van der Waals surface area contributed by atoms with Crippen molar-refractivity contribution in [3.63, 3.8) is 0 Å². The van der Waals surface area contributed by atoms with Crippen LogP contribution in [0, 0.1) is 0 Å². The molecule has 0 atom stereocenters. The molecule has 0 aromatic heterocycles. The lowest BCUT2D eigenvalue weighted by Crippen LogP contribution is -2.40. The number of benzene rings is 1. The van der Waals surface area contributed by atoms with Crippen molar-refractivity contribution in [3.8, 4) is 0 Å². The van der Waals surface area contributed by atoms with Crippen LogP contribution in [0.2, 0.25) is 0 Å². The predicted molar refractivity (Wildman–Crippen MR) is 69.6 cm³/mol. The Balaban J connectivity index is 1.82. The van der Waals surface area contributed by atoms with E-state index in [-0.39, 0.29) is 5.91 Å². The van der Waals surface area contributed by atoms with Crippen molar-refractivity contribution in [3.05, 3.63) is 29.3 Å². The van der Waals surface area contributed by atoms with E-state index in [2.05, 4.69) is 0 Å². The number of hydrogen-bond acceptors (Lipinski definition) is 3. The van der Waals surface area contributed by atoms with Crippen LogP contribution in [0.25, 0.3) is 0 Å². The zero-order valence-corrected chi connectivity index (χ0v) is 10.4. The number of carbonyl (C=O) groups is 1. The molecular formula is C14H18N2O2. The van der Waals surface area contributed by atoms with Crippen LogP contribution in [-0.4, -0.2) is 37.1 Å². The molecule has 0 unspecified atom stereocenters. The van der Waals surface area contributed by atoms with Crippen LogP contribution in [-0.2, 0) is 4.74 Å².